The number of carbonyl (C=O) groups is 1. The number of phenolic OH excluding ortho intramolecular Hbond substituents is 3. The highest BCUT2D eigenvalue weighted by atomic mass is 16.5. The number of carbonyl (C=O) groups excluding carboxylic acids is 1. The van der Waals surface area contributed by atoms with Gasteiger partial charge >= 0.3 is 0 Å². The van der Waals surface area contributed by atoms with E-state index >= 15 is 0 Å². The van der Waals surface area contributed by atoms with E-state index in [-0.39, 0.29) is 41.0 Å². The highest BCUT2D eigenvalue weighted by Crippen LogP contribution is 2.50. The van der Waals surface area contributed by atoms with Crippen molar-refractivity contribution in [3.05, 3.63) is 64.7 Å². The molecule has 6 heteroatoms. The maximum atomic E-state index is 13.2. The Morgan fingerprint density at radius 2 is 1.71 bits per heavy atom. The Bertz CT molecular complexity index is 1260. The van der Waals surface area contributed by atoms with Gasteiger partial charge in [-0.05, 0) is 32.4 Å². The van der Waals surface area contributed by atoms with E-state index in [0.717, 1.165) is 28.3 Å². The van der Waals surface area contributed by atoms with Gasteiger partial charge in [-0.25, -0.2) is 0 Å². The predicted molar refractivity (Wildman–Crippen MR) is 114 cm³/mol. The zero-order valence-corrected chi connectivity index (χ0v) is 17.4. The van der Waals surface area contributed by atoms with Crippen molar-refractivity contribution in [2.24, 2.45) is 0 Å². The van der Waals surface area contributed by atoms with Crippen molar-refractivity contribution in [2.75, 3.05) is 6.61 Å². The van der Waals surface area contributed by atoms with Crippen molar-refractivity contribution in [3.8, 4) is 39.9 Å². The fourth-order valence-corrected chi connectivity index (χ4v) is 4.50. The predicted octanol–water partition coefficient (Wildman–Crippen LogP) is 4.77. The topological polar surface area (TPSA) is 96.2 Å². The zero-order chi connectivity index (χ0) is 22.1. The van der Waals surface area contributed by atoms with Crippen LogP contribution in [0.1, 0.15) is 46.8 Å². The molecular formula is C25H22O6. The van der Waals surface area contributed by atoms with Crippen molar-refractivity contribution >= 4 is 5.78 Å². The van der Waals surface area contributed by atoms with Crippen LogP contribution in [0.25, 0.3) is 11.1 Å². The minimum absolute atomic E-state index is 0.000186. The number of ether oxygens (including phenoxy) is 2. The molecule has 6 nitrogen and oxygen atoms in total. The van der Waals surface area contributed by atoms with Gasteiger partial charge < -0.3 is 24.8 Å². The third-order valence-corrected chi connectivity index (χ3v) is 6.02. The fourth-order valence-electron chi connectivity index (χ4n) is 4.50. The SMILES string of the molecule is Cc1ccc2c(c1)-c1cc(C3COc4cc(O)cc(O)c4C3=O)c(O)cc1OC2(C)C. The molecule has 0 fully saturated rings. The number of hydrogen-bond acceptors (Lipinski definition) is 6. The lowest BCUT2D eigenvalue weighted by Gasteiger charge is -2.36. The van der Waals surface area contributed by atoms with Crippen molar-refractivity contribution in [3.63, 3.8) is 0 Å². The molecule has 158 valence electrons. The molecule has 2 aliphatic rings. The summed E-state index contributed by atoms with van der Waals surface area (Å²) in [6.07, 6.45) is 0. The highest BCUT2D eigenvalue weighted by molar-refractivity contribution is 6.07. The smallest absolute Gasteiger partial charge is 0.181 e. The Kier molecular flexibility index (Phi) is 3.99. The Morgan fingerprint density at radius 3 is 2.48 bits per heavy atom. The lowest BCUT2D eigenvalue weighted by molar-refractivity contribution is 0.0887. The lowest BCUT2D eigenvalue weighted by atomic mass is 9.82. The molecule has 0 aliphatic carbocycles. The van der Waals surface area contributed by atoms with Gasteiger partial charge in [-0.1, -0.05) is 23.8 Å². The molecule has 0 saturated carbocycles. The van der Waals surface area contributed by atoms with E-state index in [1.807, 2.05) is 32.9 Å². The first-order valence-electron chi connectivity index (χ1n) is 10.1. The number of aromatic hydroxyl groups is 3. The van der Waals surface area contributed by atoms with Crippen LogP contribution in [0.15, 0.2) is 42.5 Å². The molecule has 3 aromatic carbocycles. The van der Waals surface area contributed by atoms with E-state index in [0.29, 0.717) is 11.3 Å². The van der Waals surface area contributed by atoms with Crippen LogP contribution in [0, 0.1) is 6.92 Å². The zero-order valence-electron chi connectivity index (χ0n) is 17.4. The third kappa shape index (κ3) is 2.90. The lowest BCUT2D eigenvalue weighted by Crippen LogP contribution is -2.30. The molecule has 1 atom stereocenters. The fraction of sp³-hybridized carbons (Fsp3) is 0.240. The molecule has 0 bridgehead atoms. The van der Waals surface area contributed by atoms with E-state index < -0.39 is 11.5 Å². The van der Waals surface area contributed by atoms with Gasteiger partial charge in [0.15, 0.2) is 5.78 Å². The first-order chi connectivity index (χ1) is 14.7. The third-order valence-electron chi connectivity index (χ3n) is 6.02. The molecule has 3 aromatic rings. The Balaban J connectivity index is 1.65. The van der Waals surface area contributed by atoms with Crippen LogP contribution in [0.4, 0.5) is 0 Å². The number of fused-ring (bicyclic) bond motifs is 4. The molecular weight excluding hydrogens is 396 g/mol. The maximum absolute atomic E-state index is 13.2. The van der Waals surface area contributed by atoms with Gasteiger partial charge in [-0.2, -0.15) is 0 Å². The van der Waals surface area contributed by atoms with Crippen molar-refractivity contribution in [1.82, 2.24) is 0 Å². The Labute approximate surface area is 179 Å². The van der Waals surface area contributed by atoms with E-state index in [1.165, 1.54) is 12.1 Å². The van der Waals surface area contributed by atoms with Gasteiger partial charge in [0.1, 0.15) is 46.5 Å². The van der Waals surface area contributed by atoms with E-state index in [9.17, 15) is 20.1 Å². The summed E-state index contributed by atoms with van der Waals surface area (Å²) in [5, 5.41) is 30.7. The summed E-state index contributed by atoms with van der Waals surface area (Å²) >= 11 is 0. The summed E-state index contributed by atoms with van der Waals surface area (Å²) in [4.78, 5) is 13.2. The molecule has 3 N–H and O–H groups in total. The molecule has 0 radical (unpaired) electrons. The quantitative estimate of drug-likeness (QED) is 0.527. The average Bonchev–Trinajstić information content (AvgIpc) is 2.67. The van der Waals surface area contributed by atoms with E-state index in [1.54, 1.807) is 6.07 Å². The second kappa shape index (κ2) is 6.41. The largest absolute Gasteiger partial charge is 0.508 e. The minimum atomic E-state index is -0.809. The highest BCUT2D eigenvalue weighted by Gasteiger charge is 2.38. The Morgan fingerprint density at radius 1 is 0.935 bits per heavy atom. The van der Waals surface area contributed by atoms with Crippen LogP contribution in [0.3, 0.4) is 0 Å². The van der Waals surface area contributed by atoms with Crippen molar-refractivity contribution < 1.29 is 29.6 Å². The second-order valence-corrected chi connectivity index (χ2v) is 8.63. The number of phenols is 3. The normalized spacial score (nSPS) is 18.3. The summed E-state index contributed by atoms with van der Waals surface area (Å²) in [7, 11) is 0. The number of Topliss-reactive ketones (excluding diaryl/α,β-unsaturated/α-hetero) is 1. The van der Waals surface area contributed by atoms with Crippen LogP contribution in [-0.2, 0) is 5.60 Å². The number of rotatable bonds is 1. The van der Waals surface area contributed by atoms with Crippen LogP contribution < -0.4 is 9.47 Å². The van der Waals surface area contributed by atoms with E-state index in [2.05, 4.69) is 6.07 Å². The average molecular weight is 418 g/mol. The standard InChI is InChI=1S/C25H22O6/c1-12-4-5-18-14(6-12)16-9-15(19(27)10-21(16)31-25(18,2)3)17-11-30-22-8-13(26)7-20(28)23(22)24(17)29/h4-10,17,26-28H,11H2,1-3H3. The van der Waals surface area contributed by atoms with Gasteiger partial charge in [0.2, 0.25) is 0 Å². The van der Waals surface area contributed by atoms with Crippen LogP contribution in [-0.4, -0.2) is 27.7 Å². The number of aryl methyl sites for hydroxylation is 1. The van der Waals surface area contributed by atoms with Gasteiger partial charge in [-0.3, -0.25) is 4.79 Å². The first kappa shape index (κ1) is 19.3. The molecule has 2 heterocycles. The monoisotopic (exact) mass is 418 g/mol. The van der Waals surface area contributed by atoms with Crippen LogP contribution >= 0.6 is 0 Å². The summed E-state index contributed by atoms with van der Waals surface area (Å²) in [5.74, 6) is -1.13. The number of ketones is 1. The molecule has 0 saturated heterocycles. The second-order valence-electron chi connectivity index (χ2n) is 8.63. The van der Waals surface area contributed by atoms with E-state index in [4.69, 9.17) is 9.47 Å². The number of hydrogen-bond donors (Lipinski definition) is 3. The molecule has 5 rings (SSSR count). The molecule has 0 amide bonds. The van der Waals surface area contributed by atoms with Gasteiger partial charge in [0, 0.05) is 34.9 Å². The minimum Gasteiger partial charge on any atom is -0.508 e. The van der Waals surface area contributed by atoms with Crippen molar-refractivity contribution in [2.45, 2.75) is 32.3 Å². The maximum Gasteiger partial charge on any atom is 0.181 e. The molecule has 0 aromatic heterocycles. The summed E-state index contributed by atoms with van der Waals surface area (Å²) < 4.78 is 11.8. The molecule has 2 aliphatic heterocycles. The summed E-state index contributed by atoms with van der Waals surface area (Å²) in [6.45, 7) is 5.94. The van der Waals surface area contributed by atoms with Gasteiger partial charge in [0.05, 0.1) is 5.92 Å². The van der Waals surface area contributed by atoms with Crippen LogP contribution in [0.2, 0.25) is 0 Å². The Hall–Kier alpha value is -3.67. The van der Waals surface area contributed by atoms with Gasteiger partial charge in [-0.15, -0.1) is 0 Å². The van der Waals surface area contributed by atoms with Crippen molar-refractivity contribution in [1.29, 1.82) is 0 Å². The summed E-state index contributed by atoms with van der Waals surface area (Å²) in [6, 6.07) is 11.8. The first-order valence-corrected chi connectivity index (χ1v) is 10.1. The van der Waals surface area contributed by atoms with Crippen LogP contribution in [0.5, 0.6) is 28.7 Å². The molecule has 31 heavy (non-hydrogen) atoms. The summed E-state index contributed by atoms with van der Waals surface area (Å²) in [5.41, 5.74) is 3.72. The van der Waals surface area contributed by atoms with Gasteiger partial charge in [0.25, 0.3) is 0 Å². The molecule has 1 unspecified atom stereocenters. The molecule has 0 spiro atoms. The number of benzene rings is 3.